The van der Waals surface area contributed by atoms with Crippen LogP contribution in [0.2, 0.25) is 5.02 Å². The molecule has 6 heteroatoms. The number of carbonyl (C=O) groups is 1. The Kier molecular flexibility index (Phi) is 4.95. The summed E-state index contributed by atoms with van der Waals surface area (Å²) in [5.41, 5.74) is 4.72. The SMILES string of the molecule is C[C@@H]1CCc2c(sc3c2C(=O)N[C@@H](c2cc(Cc4ccccc4Cl)ccc2O)N3)C1. The van der Waals surface area contributed by atoms with E-state index in [0.717, 1.165) is 46.0 Å². The lowest BCUT2D eigenvalue weighted by molar-refractivity contribution is 0.0935. The summed E-state index contributed by atoms with van der Waals surface area (Å²) in [6, 6.07) is 13.3. The molecule has 0 unspecified atom stereocenters. The van der Waals surface area contributed by atoms with Crippen LogP contribution in [0, 0.1) is 5.92 Å². The predicted octanol–water partition coefficient (Wildman–Crippen LogP) is 5.68. The Morgan fingerprint density at radius 2 is 2.03 bits per heavy atom. The number of phenolic OH excluding ortho intramolecular Hbond substituents is 1. The van der Waals surface area contributed by atoms with Crippen LogP contribution in [0.4, 0.5) is 5.00 Å². The third-order valence-electron chi connectivity index (χ3n) is 6.04. The van der Waals surface area contributed by atoms with Gasteiger partial charge in [-0.2, -0.15) is 0 Å². The smallest absolute Gasteiger partial charge is 0.256 e. The van der Waals surface area contributed by atoms with E-state index < -0.39 is 6.17 Å². The number of fused-ring (bicyclic) bond motifs is 3. The largest absolute Gasteiger partial charge is 0.508 e. The maximum atomic E-state index is 13.0. The number of carbonyl (C=O) groups excluding carboxylic acids is 1. The molecule has 4 nitrogen and oxygen atoms in total. The molecule has 1 aliphatic carbocycles. The monoisotopic (exact) mass is 438 g/mol. The van der Waals surface area contributed by atoms with Crippen LogP contribution in [0.3, 0.4) is 0 Å². The number of phenols is 1. The van der Waals surface area contributed by atoms with Gasteiger partial charge in [-0.3, -0.25) is 4.79 Å². The second-order valence-corrected chi connectivity index (χ2v) is 9.78. The number of rotatable bonds is 3. The van der Waals surface area contributed by atoms with Crippen LogP contribution in [0.15, 0.2) is 42.5 Å². The molecule has 2 aliphatic rings. The van der Waals surface area contributed by atoms with Gasteiger partial charge in [0.1, 0.15) is 16.9 Å². The van der Waals surface area contributed by atoms with Crippen LogP contribution in [-0.2, 0) is 19.3 Å². The minimum atomic E-state index is -0.464. The first kappa shape index (κ1) is 19.5. The summed E-state index contributed by atoms with van der Waals surface area (Å²) in [5.74, 6) is 0.757. The summed E-state index contributed by atoms with van der Waals surface area (Å²) >= 11 is 8.00. The summed E-state index contributed by atoms with van der Waals surface area (Å²) in [6.45, 7) is 2.26. The Hall–Kier alpha value is -2.50. The lowest BCUT2D eigenvalue weighted by Gasteiger charge is -2.28. The van der Waals surface area contributed by atoms with Gasteiger partial charge in [-0.1, -0.05) is 42.8 Å². The number of nitrogens with one attached hydrogen (secondary N) is 2. The molecule has 154 valence electrons. The van der Waals surface area contributed by atoms with E-state index in [1.54, 1.807) is 17.4 Å². The highest BCUT2D eigenvalue weighted by Crippen LogP contribution is 2.43. The van der Waals surface area contributed by atoms with E-state index >= 15 is 0 Å². The van der Waals surface area contributed by atoms with Crippen LogP contribution < -0.4 is 10.6 Å². The van der Waals surface area contributed by atoms with E-state index in [1.165, 1.54) is 10.4 Å². The van der Waals surface area contributed by atoms with Gasteiger partial charge in [0.15, 0.2) is 0 Å². The van der Waals surface area contributed by atoms with Crippen LogP contribution in [0.25, 0.3) is 0 Å². The number of hydrogen-bond donors (Lipinski definition) is 3. The minimum absolute atomic E-state index is 0.0586. The molecule has 0 saturated heterocycles. The average molecular weight is 439 g/mol. The molecule has 5 rings (SSSR count). The van der Waals surface area contributed by atoms with E-state index in [9.17, 15) is 9.90 Å². The average Bonchev–Trinajstić information content (AvgIpc) is 3.08. The Bertz CT molecular complexity index is 1140. The molecule has 0 spiro atoms. The fourth-order valence-corrected chi connectivity index (χ4v) is 6.06. The van der Waals surface area contributed by atoms with Crippen molar-refractivity contribution in [2.45, 2.75) is 38.8 Å². The fraction of sp³-hybridized carbons (Fsp3) is 0.292. The molecular formula is C24H23ClN2O2S. The first-order valence-corrected chi connectivity index (χ1v) is 11.5. The molecule has 1 aromatic heterocycles. The molecule has 0 bridgehead atoms. The summed E-state index contributed by atoms with van der Waals surface area (Å²) in [6.07, 6.45) is 3.31. The minimum Gasteiger partial charge on any atom is -0.508 e. The Labute approximate surface area is 184 Å². The van der Waals surface area contributed by atoms with Gasteiger partial charge in [-0.05, 0) is 66.5 Å². The maximum absolute atomic E-state index is 13.0. The standard InChI is InChI=1S/C24H23ClN2O2S/c1-13-6-8-16-20(10-13)30-24-21(16)23(29)26-22(27-24)17-12-14(7-9-19(17)28)11-15-4-2-3-5-18(15)25/h2-5,7,9,12-13,22,27-28H,6,8,10-11H2,1H3,(H,26,29)/t13-,22-/m1/s1. The summed E-state index contributed by atoms with van der Waals surface area (Å²) in [5, 5.41) is 18.7. The summed E-state index contributed by atoms with van der Waals surface area (Å²) in [4.78, 5) is 14.3. The zero-order valence-electron chi connectivity index (χ0n) is 16.7. The highest BCUT2D eigenvalue weighted by atomic mass is 35.5. The third kappa shape index (κ3) is 3.46. The quantitative estimate of drug-likeness (QED) is 0.493. The van der Waals surface area contributed by atoms with Crippen molar-refractivity contribution in [2.24, 2.45) is 5.92 Å². The van der Waals surface area contributed by atoms with Crippen LogP contribution in [-0.4, -0.2) is 11.0 Å². The number of benzene rings is 2. The van der Waals surface area contributed by atoms with Gasteiger partial charge >= 0.3 is 0 Å². The topological polar surface area (TPSA) is 61.4 Å². The van der Waals surface area contributed by atoms with E-state index in [2.05, 4.69) is 17.6 Å². The van der Waals surface area contributed by atoms with Crippen LogP contribution >= 0.6 is 22.9 Å². The van der Waals surface area contributed by atoms with Gasteiger partial charge in [0, 0.05) is 15.5 Å². The van der Waals surface area contributed by atoms with Crippen molar-refractivity contribution in [3.8, 4) is 5.75 Å². The molecule has 2 atom stereocenters. The molecule has 2 heterocycles. The van der Waals surface area contributed by atoms with Crippen molar-refractivity contribution in [3.05, 3.63) is 80.2 Å². The Balaban J connectivity index is 1.45. The second kappa shape index (κ2) is 7.64. The predicted molar refractivity (Wildman–Crippen MR) is 122 cm³/mol. The highest BCUT2D eigenvalue weighted by Gasteiger charge is 2.33. The Morgan fingerprint density at radius 1 is 1.20 bits per heavy atom. The van der Waals surface area contributed by atoms with Gasteiger partial charge in [0.2, 0.25) is 0 Å². The number of thiophene rings is 1. The van der Waals surface area contributed by atoms with E-state index in [1.807, 2.05) is 36.4 Å². The molecule has 30 heavy (non-hydrogen) atoms. The van der Waals surface area contributed by atoms with Crippen molar-refractivity contribution in [1.82, 2.24) is 5.32 Å². The molecule has 3 aromatic rings. The summed E-state index contributed by atoms with van der Waals surface area (Å²) in [7, 11) is 0. The maximum Gasteiger partial charge on any atom is 0.256 e. The van der Waals surface area contributed by atoms with E-state index in [0.29, 0.717) is 17.9 Å². The van der Waals surface area contributed by atoms with Crippen LogP contribution in [0.5, 0.6) is 5.75 Å². The number of aromatic hydroxyl groups is 1. The first-order valence-electron chi connectivity index (χ1n) is 10.3. The molecular weight excluding hydrogens is 416 g/mol. The zero-order valence-corrected chi connectivity index (χ0v) is 18.2. The van der Waals surface area contributed by atoms with E-state index in [-0.39, 0.29) is 11.7 Å². The van der Waals surface area contributed by atoms with Crippen molar-refractivity contribution >= 4 is 33.8 Å². The van der Waals surface area contributed by atoms with Crippen molar-refractivity contribution in [3.63, 3.8) is 0 Å². The molecule has 1 amide bonds. The van der Waals surface area contributed by atoms with Gasteiger partial charge in [-0.25, -0.2) is 0 Å². The summed E-state index contributed by atoms with van der Waals surface area (Å²) < 4.78 is 0. The normalized spacial score (nSPS) is 20.1. The first-order chi connectivity index (χ1) is 14.5. The van der Waals surface area contributed by atoms with Crippen molar-refractivity contribution in [1.29, 1.82) is 0 Å². The lowest BCUT2D eigenvalue weighted by atomic mass is 9.88. The van der Waals surface area contributed by atoms with Crippen molar-refractivity contribution in [2.75, 3.05) is 5.32 Å². The molecule has 2 aromatic carbocycles. The van der Waals surface area contributed by atoms with Gasteiger partial charge < -0.3 is 15.7 Å². The second-order valence-electron chi connectivity index (χ2n) is 8.27. The molecule has 0 fully saturated rings. The number of halogens is 1. The third-order valence-corrected chi connectivity index (χ3v) is 7.60. The molecule has 3 N–H and O–H groups in total. The number of hydrogen-bond acceptors (Lipinski definition) is 4. The molecule has 1 aliphatic heterocycles. The van der Waals surface area contributed by atoms with Gasteiger partial charge in [-0.15, -0.1) is 11.3 Å². The van der Waals surface area contributed by atoms with Crippen LogP contribution in [0.1, 0.15) is 57.0 Å². The zero-order chi connectivity index (χ0) is 20.8. The van der Waals surface area contributed by atoms with Gasteiger partial charge in [0.05, 0.1) is 5.56 Å². The highest BCUT2D eigenvalue weighted by molar-refractivity contribution is 7.16. The number of amides is 1. The Morgan fingerprint density at radius 3 is 2.87 bits per heavy atom. The van der Waals surface area contributed by atoms with Gasteiger partial charge in [0.25, 0.3) is 5.91 Å². The van der Waals surface area contributed by atoms with Crippen molar-refractivity contribution < 1.29 is 9.90 Å². The lowest BCUT2D eigenvalue weighted by Crippen LogP contribution is -2.38. The molecule has 0 saturated carbocycles. The fourth-order valence-electron chi connectivity index (χ4n) is 4.43. The number of anilines is 1. The molecule has 0 radical (unpaired) electrons. The van der Waals surface area contributed by atoms with E-state index in [4.69, 9.17) is 11.6 Å².